The fraction of sp³-hybridized carbons (Fsp3) is 0.153. The molecular formula is C59H50Cl4Zr-2. The Balaban J connectivity index is 0.000000193. The van der Waals surface area contributed by atoms with E-state index < -0.39 is 0 Å². The van der Waals surface area contributed by atoms with Crippen LogP contribution >= 0.6 is 23.2 Å². The summed E-state index contributed by atoms with van der Waals surface area (Å²) in [4.78, 5) is 0. The molecule has 0 unspecified atom stereocenters. The molecular weight excluding hydrogens is 942 g/mol. The van der Waals surface area contributed by atoms with Gasteiger partial charge in [0, 0.05) is 0 Å². The third-order valence-electron chi connectivity index (χ3n) is 11.7. The Bertz CT molecular complexity index is 2820. The van der Waals surface area contributed by atoms with Crippen LogP contribution in [0.25, 0.3) is 54.9 Å². The van der Waals surface area contributed by atoms with Crippen LogP contribution in [0.1, 0.15) is 74.9 Å². The van der Waals surface area contributed by atoms with E-state index in [0.717, 1.165) is 27.2 Å². The van der Waals surface area contributed by atoms with Gasteiger partial charge in [0.15, 0.2) is 0 Å². The largest absolute Gasteiger partial charge is 1.00 e. The quantitative estimate of drug-likeness (QED) is 0.154. The second-order valence-electron chi connectivity index (χ2n) is 18.0. The van der Waals surface area contributed by atoms with E-state index in [4.69, 9.17) is 23.2 Å². The fourth-order valence-electron chi connectivity index (χ4n) is 8.53. The minimum atomic E-state index is 0. The summed E-state index contributed by atoms with van der Waals surface area (Å²) in [6, 6.07) is 67.6. The van der Waals surface area contributed by atoms with Crippen LogP contribution in [0.2, 0.25) is 10.0 Å². The molecule has 0 aromatic heterocycles. The predicted molar refractivity (Wildman–Crippen MR) is 265 cm³/mol. The van der Waals surface area contributed by atoms with Crippen molar-refractivity contribution in [3.63, 3.8) is 0 Å². The van der Waals surface area contributed by atoms with Crippen molar-refractivity contribution in [1.82, 2.24) is 0 Å². The zero-order chi connectivity index (χ0) is 43.6. The Kier molecular flexibility index (Phi) is 15.9. The molecule has 0 bridgehead atoms. The van der Waals surface area contributed by atoms with Crippen LogP contribution in [0.3, 0.4) is 0 Å². The first-order valence-electron chi connectivity index (χ1n) is 21.3. The number of hydrogen-bond acceptors (Lipinski definition) is 0. The summed E-state index contributed by atoms with van der Waals surface area (Å²) in [5, 5.41) is 6.15. The van der Waals surface area contributed by atoms with E-state index in [1.165, 1.54) is 105 Å². The maximum atomic E-state index is 6.38. The SMILES string of the molecule is CC(C)(C)c1cc2c([c-]c1-c1ccccc1)Cc1cc(-c3ccccc3)c(C(C)(C)C)cc1-2.Clc1ccc([C](=[Zr+2])c2ccc(Cl)c3ccccc23)c2ccccc12.[Cl-].[Cl-].c1cc[cH-]c1. The Hall–Kier alpha value is -4.46. The monoisotopic (exact) mass is 988 g/mol. The van der Waals surface area contributed by atoms with E-state index in [2.05, 4.69) is 175 Å². The molecule has 0 N–H and O–H groups in total. The molecule has 0 atom stereocenters. The van der Waals surface area contributed by atoms with E-state index in [1.807, 2.05) is 54.6 Å². The number of benzene rings is 8. The predicted octanol–water partition coefficient (Wildman–Crippen LogP) is 10.8. The van der Waals surface area contributed by atoms with Crippen LogP contribution in [-0.4, -0.2) is 3.21 Å². The summed E-state index contributed by atoms with van der Waals surface area (Å²) >= 11 is 14.1. The molecule has 5 heteroatoms. The van der Waals surface area contributed by atoms with Gasteiger partial charge in [0.25, 0.3) is 0 Å². The molecule has 0 heterocycles. The summed E-state index contributed by atoms with van der Waals surface area (Å²) in [6.07, 6.45) is 0.944. The molecule has 0 saturated heterocycles. The summed E-state index contributed by atoms with van der Waals surface area (Å²) in [7, 11) is 0. The molecule has 64 heavy (non-hydrogen) atoms. The van der Waals surface area contributed by atoms with Gasteiger partial charge in [0.05, 0.1) is 0 Å². The Morgan fingerprint density at radius 2 is 0.953 bits per heavy atom. The molecule has 0 nitrogen and oxygen atoms in total. The van der Waals surface area contributed by atoms with Gasteiger partial charge in [-0.15, -0.1) is 28.8 Å². The number of halogens is 4. The van der Waals surface area contributed by atoms with Crippen molar-refractivity contribution in [2.45, 2.75) is 58.8 Å². The fourth-order valence-corrected chi connectivity index (χ4v) is 10.1. The van der Waals surface area contributed by atoms with Gasteiger partial charge in [0.2, 0.25) is 0 Å². The Morgan fingerprint density at radius 1 is 0.500 bits per heavy atom. The molecule has 10 rings (SSSR count). The molecule has 0 saturated carbocycles. The third-order valence-corrected chi connectivity index (χ3v) is 13.6. The van der Waals surface area contributed by atoms with Gasteiger partial charge in [0.1, 0.15) is 0 Å². The second-order valence-corrected chi connectivity index (χ2v) is 20.1. The van der Waals surface area contributed by atoms with E-state index in [9.17, 15) is 0 Å². The van der Waals surface area contributed by atoms with Gasteiger partial charge in [-0.25, -0.2) is 12.1 Å². The maximum absolute atomic E-state index is 6.38. The van der Waals surface area contributed by atoms with Crippen molar-refractivity contribution in [3.05, 3.63) is 231 Å². The molecule has 0 amide bonds. The molecule has 320 valence electrons. The number of hydrogen-bond donors (Lipinski definition) is 0. The van der Waals surface area contributed by atoms with Crippen molar-refractivity contribution in [1.29, 1.82) is 0 Å². The van der Waals surface area contributed by atoms with Crippen molar-refractivity contribution in [2.24, 2.45) is 0 Å². The average molecular weight is 992 g/mol. The van der Waals surface area contributed by atoms with Crippen LogP contribution in [0.5, 0.6) is 0 Å². The first-order valence-corrected chi connectivity index (χ1v) is 23.3. The summed E-state index contributed by atoms with van der Waals surface area (Å²) < 4.78 is 1.31. The van der Waals surface area contributed by atoms with Gasteiger partial charge in [-0.05, 0) is 39.5 Å². The zero-order valence-corrected chi connectivity index (χ0v) is 42.5. The molecule has 0 aliphatic heterocycles. The normalized spacial score (nSPS) is 11.5. The van der Waals surface area contributed by atoms with E-state index in [1.54, 1.807) is 0 Å². The van der Waals surface area contributed by atoms with Crippen molar-refractivity contribution in [2.75, 3.05) is 0 Å². The molecule has 9 aromatic rings. The van der Waals surface area contributed by atoms with Gasteiger partial charge < -0.3 is 24.8 Å². The van der Waals surface area contributed by atoms with E-state index in [-0.39, 0.29) is 35.6 Å². The number of rotatable bonds is 4. The first-order chi connectivity index (χ1) is 29.8. The maximum Gasteiger partial charge on any atom is -0.172 e. The van der Waals surface area contributed by atoms with Crippen LogP contribution in [-0.2, 0) is 41.5 Å². The van der Waals surface area contributed by atoms with Gasteiger partial charge >= 0.3 is 166 Å². The van der Waals surface area contributed by atoms with E-state index in [0.29, 0.717) is 0 Å². The minimum absolute atomic E-state index is 0. The van der Waals surface area contributed by atoms with Crippen LogP contribution in [0, 0.1) is 6.07 Å². The topological polar surface area (TPSA) is 0 Å². The molecule has 0 radical (unpaired) electrons. The third kappa shape index (κ3) is 10.5. The van der Waals surface area contributed by atoms with Crippen LogP contribution in [0.4, 0.5) is 0 Å². The minimum Gasteiger partial charge on any atom is -1.00 e. The van der Waals surface area contributed by atoms with Gasteiger partial charge in [-0.1, -0.05) is 131 Å². The molecule has 9 aromatic carbocycles. The van der Waals surface area contributed by atoms with E-state index >= 15 is 0 Å². The average Bonchev–Trinajstić information content (AvgIpc) is 3.98. The molecule has 1 aliphatic rings. The van der Waals surface area contributed by atoms with Crippen LogP contribution < -0.4 is 24.8 Å². The summed E-state index contributed by atoms with van der Waals surface area (Å²) in [6.45, 7) is 13.9. The molecule has 0 spiro atoms. The summed E-state index contributed by atoms with van der Waals surface area (Å²) in [5.74, 6) is 0. The molecule has 0 fully saturated rings. The Labute approximate surface area is 417 Å². The van der Waals surface area contributed by atoms with Crippen molar-refractivity contribution < 1.29 is 49.0 Å². The zero-order valence-electron chi connectivity index (χ0n) is 37.0. The van der Waals surface area contributed by atoms with Gasteiger partial charge in [-0.2, -0.15) is 18.2 Å². The second kappa shape index (κ2) is 20.8. The molecule has 1 aliphatic carbocycles. The van der Waals surface area contributed by atoms with Crippen molar-refractivity contribution >= 4 is 48.0 Å². The Morgan fingerprint density at radius 3 is 1.42 bits per heavy atom. The smallest absolute Gasteiger partial charge is 0.172 e. The summed E-state index contributed by atoms with van der Waals surface area (Å²) in [5.41, 5.74) is 16.0. The number of fused-ring (bicyclic) bond motifs is 5. The first kappa shape index (κ1) is 49.0. The standard InChI is InChI=1S/C33H33.C21H12Cl2.C5H5.2ClH.Zr/c1-32(2,3)30-20-26-24(18-28(30)22-13-9-7-10-14-22)17-25-19-29(23-15-11-8-12-16-23)31(21-27(25)26)33(4,5)6;22-20-11-9-14(16-5-1-3-7-18(16)20)13-15-10-12-21(23)19-8-4-2-6-17(15)19;1-2-4-5-3-1;;;/h7-16,18,20-21H,17H2,1-6H3;1-12H;1-5H;2*1H;/q-1;;-1;;;+2/p-2. The van der Waals surface area contributed by atoms with Crippen molar-refractivity contribution in [3.8, 4) is 33.4 Å². The van der Waals surface area contributed by atoms with Crippen LogP contribution in [0.15, 0.2) is 182 Å². The van der Waals surface area contributed by atoms with Gasteiger partial charge in [-0.3, -0.25) is 0 Å².